The zero-order valence-corrected chi connectivity index (χ0v) is 9.30. The molecule has 0 radical (unpaired) electrons. The highest BCUT2D eigenvalue weighted by molar-refractivity contribution is 5.75. The first-order valence-corrected chi connectivity index (χ1v) is 5.43. The van der Waals surface area contributed by atoms with Gasteiger partial charge in [-0.2, -0.15) is 0 Å². The van der Waals surface area contributed by atoms with Crippen LogP contribution in [-0.4, -0.2) is 0 Å². The molecule has 1 aromatic rings. The fourth-order valence-corrected chi connectivity index (χ4v) is 2.09. The zero-order chi connectivity index (χ0) is 10.2. The minimum Gasteiger partial charge on any atom is -0.0793 e. The van der Waals surface area contributed by atoms with Crippen LogP contribution in [0.1, 0.15) is 37.8 Å². The Bertz CT molecular complexity index is 356. The van der Waals surface area contributed by atoms with E-state index in [1.807, 2.05) is 0 Å². The second-order valence-corrected chi connectivity index (χ2v) is 4.60. The smallest absolute Gasteiger partial charge is 0.00404 e. The van der Waals surface area contributed by atoms with Gasteiger partial charge in [-0.05, 0) is 36.3 Å². The molecule has 1 aromatic carbocycles. The average molecular weight is 186 g/mol. The van der Waals surface area contributed by atoms with Gasteiger partial charge in [0.05, 0.1) is 0 Å². The van der Waals surface area contributed by atoms with Gasteiger partial charge in [-0.3, -0.25) is 0 Å². The van der Waals surface area contributed by atoms with E-state index in [9.17, 15) is 0 Å². The van der Waals surface area contributed by atoms with E-state index >= 15 is 0 Å². The lowest BCUT2D eigenvalue weighted by Crippen LogP contribution is -2.24. The summed E-state index contributed by atoms with van der Waals surface area (Å²) in [5.41, 5.74) is 4.73. The topological polar surface area (TPSA) is 0 Å². The Morgan fingerprint density at radius 2 is 1.86 bits per heavy atom. The van der Waals surface area contributed by atoms with Crippen LogP contribution in [0.3, 0.4) is 0 Å². The number of aryl methyl sites for hydroxylation is 1. The molecule has 0 unspecified atom stereocenters. The first-order valence-electron chi connectivity index (χ1n) is 5.43. The van der Waals surface area contributed by atoms with Gasteiger partial charge < -0.3 is 0 Å². The summed E-state index contributed by atoms with van der Waals surface area (Å²) in [5.74, 6) is 0. The van der Waals surface area contributed by atoms with E-state index in [0.717, 1.165) is 0 Å². The molecule has 0 aromatic heterocycles. The van der Waals surface area contributed by atoms with Gasteiger partial charge in [0.1, 0.15) is 0 Å². The Balaban J connectivity index is 2.30. The number of hydrogen-bond donors (Lipinski definition) is 0. The number of rotatable bonds is 2. The van der Waals surface area contributed by atoms with Crippen molar-refractivity contribution in [2.45, 2.75) is 33.6 Å². The molecule has 14 heavy (non-hydrogen) atoms. The van der Waals surface area contributed by atoms with E-state index in [1.165, 1.54) is 24.0 Å². The van der Waals surface area contributed by atoms with Crippen molar-refractivity contribution in [3.05, 3.63) is 41.5 Å². The lowest BCUT2D eigenvalue weighted by molar-refractivity contribution is 0.401. The maximum absolute atomic E-state index is 2.37. The average Bonchev–Trinajstić information content (AvgIpc) is 2.18. The lowest BCUT2D eigenvalue weighted by atomic mass is 9.66. The van der Waals surface area contributed by atoms with Crippen LogP contribution in [0.2, 0.25) is 0 Å². The molecule has 0 fully saturated rings. The normalized spacial score (nSPS) is 25.5. The van der Waals surface area contributed by atoms with E-state index in [2.05, 4.69) is 51.1 Å². The van der Waals surface area contributed by atoms with Crippen molar-refractivity contribution >= 4 is 5.57 Å². The van der Waals surface area contributed by atoms with Crippen molar-refractivity contribution < 1.29 is 0 Å². The second-order valence-electron chi connectivity index (χ2n) is 4.60. The summed E-state index contributed by atoms with van der Waals surface area (Å²) in [5, 5.41) is 0. The van der Waals surface area contributed by atoms with Gasteiger partial charge in [-0.1, -0.05) is 49.8 Å². The summed E-state index contributed by atoms with van der Waals surface area (Å²) < 4.78 is 0. The molecule has 2 rings (SSSR count). The summed E-state index contributed by atoms with van der Waals surface area (Å²) in [7, 11) is 0. The maximum atomic E-state index is 2.37. The summed E-state index contributed by atoms with van der Waals surface area (Å²) in [6.45, 7) is 6.78. The molecule has 0 nitrogen and oxygen atoms in total. The van der Waals surface area contributed by atoms with Crippen molar-refractivity contribution in [3.63, 3.8) is 0 Å². The Labute approximate surface area is 86.7 Å². The first kappa shape index (κ1) is 9.51. The summed E-state index contributed by atoms with van der Waals surface area (Å²) in [4.78, 5) is 0. The zero-order valence-electron chi connectivity index (χ0n) is 9.30. The molecule has 0 saturated heterocycles. The maximum Gasteiger partial charge on any atom is -0.00404 e. The number of benzene rings is 1. The fraction of sp³-hybridized carbons (Fsp3) is 0.429. The number of allylic oxidation sites excluding steroid dienone is 2. The highest BCUT2D eigenvalue weighted by atomic mass is 14.4. The molecule has 1 aliphatic rings. The van der Waals surface area contributed by atoms with Crippen LogP contribution < -0.4 is 0 Å². The summed E-state index contributed by atoms with van der Waals surface area (Å²) in [6.07, 6.45) is 4.85. The van der Waals surface area contributed by atoms with E-state index in [4.69, 9.17) is 0 Å². The van der Waals surface area contributed by atoms with Crippen molar-refractivity contribution in [2.24, 2.45) is 5.41 Å². The van der Waals surface area contributed by atoms with E-state index in [-0.39, 0.29) is 0 Å². The summed E-state index contributed by atoms with van der Waals surface area (Å²) in [6, 6.07) is 8.89. The molecule has 0 aliphatic heterocycles. The quantitative estimate of drug-likeness (QED) is 0.649. The predicted octanol–water partition coefficient (Wildman–Crippen LogP) is 4.20. The SMILES string of the molecule is CC[C@]1(C)CC=C1c1ccc(C)cc1. The Morgan fingerprint density at radius 3 is 2.29 bits per heavy atom. The van der Waals surface area contributed by atoms with Gasteiger partial charge in [-0.25, -0.2) is 0 Å². The van der Waals surface area contributed by atoms with Crippen LogP contribution in [0.5, 0.6) is 0 Å². The molecule has 0 amide bonds. The van der Waals surface area contributed by atoms with Crippen LogP contribution in [0, 0.1) is 12.3 Å². The van der Waals surface area contributed by atoms with Crippen LogP contribution in [0.15, 0.2) is 30.3 Å². The Kier molecular flexibility index (Phi) is 2.22. The van der Waals surface area contributed by atoms with Gasteiger partial charge in [0.2, 0.25) is 0 Å². The van der Waals surface area contributed by atoms with Crippen molar-refractivity contribution in [1.29, 1.82) is 0 Å². The van der Waals surface area contributed by atoms with Crippen LogP contribution >= 0.6 is 0 Å². The molecular formula is C14H18. The van der Waals surface area contributed by atoms with E-state index in [1.54, 1.807) is 5.57 Å². The van der Waals surface area contributed by atoms with Gasteiger partial charge in [0.15, 0.2) is 0 Å². The summed E-state index contributed by atoms with van der Waals surface area (Å²) >= 11 is 0. The monoisotopic (exact) mass is 186 g/mol. The highest BCUT2D eigenvalue weighted by Crippen LogP contribution is 2.48. The first-order chi connectivity index (χ1) is 6.65. The van der Waals surface area contributed by atoms with Crippen LogP contribution in [0.4, 0.5) is 0 Å². The molecule has 0 bridgehead atoms. The standard InChI is InChI=1S/C14H18/c1-4-14(3)10-9-13(14)12-7-5-11(2)6-8-12/h5-9H,4,10H2,1-3H3/t14-/m1/s1. The molecule has 1 aliphatic carbocycles. The molecule has 74 valence electrons. The van der Waals surface area contributed by atoms with Crippen molar-refractivity contribution in [2.75, 3.05) is 0 Å². The van der Waals surface area contributed by atoms with Crippen LogP contribution in [-0.2, 0) is 0 Å². The third-order valence-electron chi connectivity index (χ3n) is 3.55. The van der Waals surface area contributed by atoms with Gasteiger partial charge in [0.25, 0.3) is 0 Å². The van der Waals surface area contributed by atoms with Crippen molar-refractivity contribution in [1.82, 2.24) is 0 Å². The minimum absolute atomic E-state index is 0.440. The largest absolute Gasteiger partial charge is 0.0793 e. The molecule has 0 heterocycles. The molecule has 0 heteroatoms. The highest BCUT2D eigenvalue weighted by Gasteiger charge is 2.33. The molecule has 1 atom stereocenters. The van der Waals surface area contributed by atoms with Gasteiger partial charge in [0, 0.05) is 0 Å². The minimum atomic E-state index is 0.440. The van der Waals surface area contributed by atoms with Crippen molar-refractivity contribution in [3.8, 4) is 0 Å². The lowest BCUT2D eigenvalue weighted by Gasteiger charge is -2.38. The van der Waals surface area contributed by atoms with E-state index in [0.29, 0.717) is 5.41 Å². The van der Waals surface area contributed by atoms with Crippen LogP contribution in [0.25, 0.3) is 5.57 Å². The Morgan fingerprint density at radius 1 is 1.21 bits per heavy atom. The predicted molar refractivity (Wildman–Crippen MR) is 62.2 cm³/mol. The second kappa shape index (κ2) is 3.27. The fourth-order valence-electron chi connectivity index (χ4n) is 2.09. The third kappa shape index (κ3) is 1.39. The van der Waals surface area contributed by atoms with Gasteiger partial charge in [-0.15, -0.1) is 0 Å². The molecular weight excluding hydrogens is 168 g/mol. The molecule has 0 N–H and O–H groups in total. The molecule has 0 saturated carbocycles. The Hall–Kier alpha value is -1.04. The van der Waals surface area contributed by atoms with Gasteiger partial charge >= 0.3 is 0 Å². The third-order valence-corrected chi connectivity index (χ3v) is 3.55. The molecule has 0 spiro atoms. The van der Waals surface area contributed by atoms with E-state index < -0.39 is 0 Å². The number of hydrogen-bond acceptors (Lipinski definition) is 0.